The van der Waals surface area contributed by atoms with Crippen LogP contribution in [0.4, 0.5) is 0 Å². The Morgan fingerprint density at radius 2 is 1.26 bits per heavy atom. The van der Waals surface area contributed by atoms with Crippen molar-refractivity contribution in [2.24, 2.45) is 0 Å². The molecular weight excluding hydrogens is 532 g/mol. The van der Waals surface area contributed by atoms with Crippen LogP contribution < -0.4 is 0 Å². The first-order valence-corrected chi connectivity index (χ1v) is 13.3. The molecule has 6 rings (SSSR count). The molecule has 0 N–H and O–H groups in total. The van der Waals surface area contributed by atoms with Crippen LogP contribution in [-0.2, 0) is 5.54 Å². The van der Waals surface area contributed by atoms with Gasteiger partial charge >= 0.3 is 0 Å². The molecule has 3 heterocycles. The van der Waals surface area contributed by atoms with Crippen LogP contribution in [0.1, 0.15) is 22.4 Å². The molecule has 0 bridgehead atoms. The van der Waals surface area contributed by atoms with Gasteiger partial charge in [0.25, 0.3) is 0 Å². The van der Waals surface area contributed by atoms with Gasteiger partial charge in [-0.1, -0.05) is 97.1 Å². The van der Waals surface area contributed by atoms with Gasteiger partial charge in [-0.15, -0.1) is 0 Å². The minimum absolute atomic E-state index is 0.717. The first kappa shape index (κ1) is 24.0. The minimum Gasteiger partial charge on any atom is -0.252 e. The third kappa shape index (κ3) is 4.25. The summed E-state index contributed by atoms with van der Waals surface area (Å²) in [6.45, 7) is 2.01. The standard InChI is InChI=1S/C33H25BrN4/c1-24-12-11-19-30(36-24)32-29(25-20-21-35-31(34)22-25)23-38(37-32)33(26-13-5-2-6-14-26,27-15-7-3-8-16-27)28-17-9-4-10-18-28/h2-23H,1H3. The maximum absolute atomic E-state index is 5.35. The van der Waals surface area contributed by atoms with E-state index in [-0.39, 0.29) is 0 Å². The van der Waals surface area contributed by atoms with Gasteiger partial charge in [0, 0.05) is 23.7 Å². The second kappa shape index (κ2) is 10.2. The molecule has 4 nitrogen and oxygen atoms in total. The van der Waals surface area contributed by atoms with Crippen LogP contribution in [0.15, 0.2) is 138 Å². The van der Waals surface area contributed by atoms with Gasteiger partial charge in [0.1, 0.15) is 15.8 Å². The van der Waals surface area contributed by atoms with Gasteiger partial charge in [-0.05, 0) is 69.4 Å². The largest absolute Gasteiger partial charge is 0.252 e. The normalized spacial score (nSPS) is 11.4. The molecule has 3 aromatic heterocycles. The lowest BCUT2D eigenvalue weighted by molar-refractivity contribution is 0.461. The van der Waals surface area contributed by atoms with E-state index in [1.54, 1.807) is 0 Å². The maximum atomic E-state index is 5.35. The number of nitrogens with zero attached hydrogens (tertiary/aromatic N) is 4. The monoisotopic (exact) mass is 556 g/mol. The highest BCUT2D eigenvalue weighted by Crippen LogP contribution is 2.43. The van der Waals surface area contributed by atoms with E-state index in [2.05, 4.69) is 123 Å². The van der Waals surface area contributed by atoms with Crippen molar-refractivity contribution in [3.05, 3.63) is 161 Å². The first-order chi connectivity index (χ1) is 18.7. The topological polar surface area (TPSA) is 43.6 Å². The number of hydrogen-bond acceptors (Lipinski definition) is 3. The van der Waals surface area contributed by atoms with Gasteiger partial charge in [-0.2, -0.15) is 5.10 Å². The number of hydrogen-bond donors (Lipinski definition) is 0. The molecule has 6 aromatic rings. The summed E-state index contributed by atoms with van der Waals surface area (Å²) >= 11 is 3.55. The van der Waals surface area contributed by atoms with Gasteiger partial charge in [0.2, 0.25) is 0 Å². The fourth-order valence-corrected chi connectivity index (χ4v) is 5.49. The van der Waals surface area contributed by atoms with Crippen molar-refractivity contribution < 1.29 is 0 Å². The molecule has 3 aromatic carbocycles. The SMILES string of the molecule is Cc1cccc(-c2nn(C(c3ccccc3)(c3ccccc3)c3ccccc3)cc2-c2ccnc(Br)c2)n1. The third-order valence-corrected chi connectivity index (χ3v) is 7.23. The Balaban J connectivity index is 1.73. The Labute approximate surface area is 230 Å². The highest BCUT2D eigenvalue weighted by molar-refractivity contribution is 9.10. The zero-order valence-corrected chi connectivity index (χ0v) is 22.5. The second-order valence-corrected chi connectivity index (χ2v) is 9.99. The number of rotatable bonds is 6. The minimum atomic E-state index is -0.717. The van der Waals surface area contributed by atoms with Crippen molar-refractivity contribution in [3.63, 3.8) is 0 Å². The van der Waals surface area contributed by atoms with Crippen LogP contribution in [0.25, 0.3) is 22.5 Å². The van der Waals surface area contributed by atoms with Crippen molar-refractivity contribution in [1.82, 2.24) is 19.7 Å². The lowest BCUT2D eigenvalue weighted by atomic mass is 9.77. The second-order valence-electron chi connectivity index (χ2n) is 9.18. The van der Waals surface area contributed by atoms with Crippen LogP contribution in [0.3, 0.4) is 0 Å². The zero-order valence-electron chi connectivity index (χ0n) is 20.9. The molecule has 0 spiro atoms. The Morgan fingerprint density at radius 1 is 0.684 bits per heavy atom. The quantitative estimate of drug-likeness (QED) is 0.154. The molecule has 0 atom stereocenters. The molecule has 5 heteroatoms. The highest BCUT2D eigenvalue weighted by Gasteiger charge is 2.40. The van der Waals surface area contributed by atoms with Crippen molar-refractivity contribution in [1.29, 1.82) is 0 Å². The summed E-state index contributed by atoms with van der Waals surface area (Å²) in [4.78, 5) is 9.22. The van der Waals surface area contributed by atoms with E-state index < -0.39 is 5.54 Å². The van der Waals surface area contributed by atoms with E-state index in [0.717, 1.165) is 49.5 Å². The van der Waals surface area contributed by atoms with Crippen LogP contribution in [0, 0.1) is 6.92 Å². The third-order valence-electron chi connectivity index (χ3n) is 6.80. The molecule has 184 valence electrons. The molecule has 0 aliphatic heterocycles. The summed E-state index contributed by atoms with van der Waals surface area (Å²) in [5.41, 5.74) is 7.22. The van der Waals surface area contributed by atoms with E-state index in [4.69, 9.17) is 10.1 Å². The average Bonchev–Trinajstić information content (AvgIpc) is 3.41. The molecule has 0 fully saturated rings. The fourth-order valence-electron chi connectivity index (χ4n) is 5.13. The fraction of sp³-hybridized carbons (Fsp3) is 0.0606. The smallest absolute Gasteiger partial charge is 0.138 e. The van der Waals surface area contributed by atoms with Crippen molar-refractivity contribution in [2.45, 2.75) is 12.5 Å². The predicted molar refractivity (Wildman–Crippen MR) is 156 cm³/mol. The molecule has 0 amide bonds. The van der Waals surface area contributed by atoms with Crippen LogP contribution in [0.5, 0.6) is 0 Å². The zero-order chi connectivity index (χ0) is 26.0. The van der Waals surface area contributed by atoms with Crippen LogP contribution in [0.2, 0.25) is 0 Å². The Morgan fingerprint density at radius 3 is 1.79 bits per heavy atom. The summed E-state index contributed by atoms with van der Waals surface area (Å²) in [7, 11) is 0. The van der Waals surface area contributed by atoms with E-state index >= 15 is 0 Å². The average molecular weight is 557 g/mol. The summed E-state index contributed by atoms with van der Waals surface area (Å²) in [6, 6.07) is 41.8. The number of aryl methyl sites for hydroxylation is 1. The maximum Gasteiger partial charge on any atom is 0.138 e. The van der Waals surface area contributed by atoms with Crippen molar-refractivity contribution in [3.8, 4) is 22.5 Å². The molecule has 0 radical (unpaired) electrons. The van der Waals surface area contributed by atoms with E-state index in [9.17, 15) is 0 Å². The molecule has 0 saturated carbocycles. The van der Waals surface area contributed by atoms with E-state index in [1.165, 1.54) is 0 Å². The van der Waals surface area contributed by atoms with Crippen LogP contribution >= 0.6 is 15.9 Å². The lowest BCUT2D eigenvalue weighted by Crippen LogP contribution is -2.38. The molecule has 0 unspecified atom stereocenters. The van der Waals surface area contributed by atoms with Crippen LogP contribution in [-0.4, -0.2) is 19.7 Å². The Kier molecular flexibility index (Phi) is 6.44. The summed E-state index contributed by atoms with van der Waals surface area (Å²) in [6.07, 6.45) is 3.96. The number of benzene rings is 3. The summed E-state index contributed by atoms with van der Waals surface area (Å²) in [5.74, 6) is 0. The lowest BCUT2D eigenvalue weighted by Gasteiger charge is -2.36. The molecule has 0 aliphatic carbocycles. The summed E-state index contributed by atoms with van der Waals surface area (Å²) < 4.78 is 2.88. The molecule has 0 aliphatic rings. The molecule has 38 heavy (non-hydrogen) atoms. The number of aromatic nitrogens is 4. The van der Waals surface area contributed by atoms with E-state index in [1.807, 2.05) is 43.5 Å². The molecular formula is C33H25BrN4. The Bertz CT molecular complexity index is 1520. The highest BCUT2D eigenvalue weighted by atomic mass is 79.9. The molecule has 0 saturated heterocycles. The Hall–Kier alpha value is -4.35. The van der Waals surface area contributed by atoms with Gasteiger partial charge < -0.3 is 0 Å². The van der Waals surface area contributed by atoms with Crippen molar-refractivity contribution in [2.75, 3.05) is 0 Å². The predicted octanol–water partition coefficient (Wildman–Crippen LogP) is 7.92. The van der Waals surface area contributed by atoms with Crippen molar-refractivity contribution >= 4 is 15.9 Å². The van der Waals surface area contributed by atoms with Gasteiger partial charge in [-0.25, -0.2) is 4.98 Å². The van der Waals surface area contributed by atoms with Gasteiger partial charge in [0.15, 0.2) is 0 Å². The summed E-state index contributed by atoms with van der Waals surface area (Å²) in [5, 5.41) is 5.35. The van der Waals surface area contributed by atoms with Gasteiger partial charge in [0.05, 0.1) is 5.69 Å². The number of pyridine rings is 2. The van der Waals surface area contributed by atoms with E-state index in [0.29, 0.717) is 0 Å². The van der Waals surface area contributed by atoms with Gasteiger partial charge in [-0.3, -0.25) is 9.67 Å². The first-order valence-electron chi connectivity index (χ1n) is 12.5. The number of halogens is 1.